The van der Waals surface area contributed by atoms with Gasteiger partial charge in [-0.2, -0.15) is 4.31 Å². The highest BCUT2D eigenvalue weighted by Crippen LogP contribution is 2.38. The number of hydrogen-bond donors (Lipinski definition) is 1. The van der Waals surface area contributed by atoms with E-state index in [0.717, 1.165) is 31.2 Å². The number of rotatable bonds is 9. The number of nitrogens with zero attached hydrogens (tertiary/aromatic N) is 1. The zero-order chi connectivity index (χ0) is 24.7. The molecule has 1 fully saturated rings. The lowest BCUT2D eigenvalue weighted by Crippen LogP contribution is -2.32. The lowest BCUT2D eigenvalue weighted by atomic mass is 10.1. The molecule has 1 N–H and O–H groups in total. The van der Waals surface area contributed by atoms with Crippen LogP contribution in [0.25, 0.3) is 0 Å². The van der Waals surface area contributed by atoms with Crippen LogP contribution in [0, 0.1) is 0 Å². The van der Waals surface area contributed by atoms with E-state index in [2.05, 4.69) is 5.32 Å². The molecule has 3 rings (SSSR count). The molecule has 0 aromatic heterocycles. The number of amides is 1. The summed E-state index contributed by atoms with van der Waals surface area (Å²) in [6, 6.07) is 7.92. The third-order valence-corrected chi connectivity index (χ3v) is 7.71. The Morgan fingerprint density at radius 1 is 0.853 bits per heavy atom. The van der Waals surface area contributed by atoms with Crippen molar-refractivity contribution in [3.05, 3.63) is 41.5 Å². The lowest BCUT2D eigenvalue weighted by molar-refractivity contribution is 0.0950. The van der Waals surface area contributed by atoms with Crippen LogP contribution in [0.2, 0.25) is 0 Å². The quantitative estimate of drug-likeness (QED) is 0.573. The highest BCUT2D eigenvalue weighted by atomic mass is 32.2. The van der Waals surface area contributed by atoms with Crippen LogP contribution in [0.3, 0.4) is 0 Å². The molecule has 0 radical (unpaired) electrons. The first-order chi connectivity index (χ1) is 16.3. The van der Waals surface area contributed by atoms with Crippen molar-refractivity contribution in [3.8, 4) is 23.0 Å². The van der Waals surface area contributed by atoms with Gasteiger partial charge < -0.3 is 24.3 Å². The van der Waals surface area contributed by atoms with Gasteiger partial charge in [-0.3, -0.25) is 4.79 Å². The molecule has 2 aromatic carbocycles. The summed E-state index contributed by atoms with van der Waals surface area (Å²) < 4.78 is 49.5. The fourth-order valence-electron chi connectivity index (χ4n) is 3.96. The van der Waals surface area contributed by atoms with Gasteiger partial charge in [0.2, 0.25) is 15.8 Å². The smallest absolute Gasteiger partial charge is 0.251 e. The van der Waals surface area contributed by atoms with Gasteiger partial charge in [-0.25, -0.2) is 8.42 Å². The van der Waals surface area contributed by atoms with Gasteiger partial charge in [-0.05, 0) is 48.7 Å². The van der Waals surface area contributed by atoms with Crippen LogP contribution in [-0.4, -0.2) is 60.2 Å². The molecular formula is C24H32N2O7S. The summed E-state index contributed by atoms with van der Waals surface area (Å²) in [6.45, 7) is 1.10. The van der Waals surface area contributed by atoms with E-state index in [-0.39, 0.29) is 22.8 Å². The molecule has 0 atom stereocenters. The summed E-state index contributed by atoms with van der Waals surface area (Å²) in [7, 11) is 2.17. The van der Waals surface area contributed by atoms with Crippen molar-refractivity contribution >= 4 is 15.9 Å². The van der Waals surface area contributed by atoms with Crippen molar-refractivity contribution < 1.29 is 32.2 Å². The molecule has 1 aliphatic heterocycles. The fourth-order valence-corrected chi connectivity index (χ4v) is 5.66. The van der Waals surface area contributed by atoms with E-state index in [4.69, 9.17) is 18.9 Å². The number of carbonyl (C=O) groups is 1. The van der Waals surface area contributed by atoms with Gasteiger partial charge >= 0.3 is 0 Å². The molecule has 9 nitrogen and oxygen atoms in total. The minimum absolute atomic E-state index is 0.00247. The maximum absolute atomic E-state index is 13.3. The molecule has 34 heavy (non-hydrogen) atoms. The first-order valence-corrected chi connectivity index (χ1v) is 12.5. The standard InChI is InChI=1S/C24H32N2O7S/c1-30-19-10-9-18(15-22(19)34(28,29)26-11-7-5-6-8-12-26)24(27)25-16-17-13-20(31-2)23(33-4)21(14-17)32-3/h9-10,13-15H,5-8,11-12,16H2,1-4H3,(H,25,27). The summed E-state index contributed by atoms with van der Waals surface area (Å²) in [5, 5.41) is 2.82. The van der Waals surface area contributed by atoms with E-state index < -0.39 is 15.9 Å². The molecule has 0 unspecified atom stereocenters. The zero-order valence-electron chi connectivity index (χ0n) is 20.0. The van der Waals surface area contributed by atoms with Crippen LogP contribution < -0.4 is 24.3 Å². The Balaban J connectivity index is 1.83. The third-order valence-electron chi connectivity index (χ3n) is 5.79. The molecule has 0 saturated carbocycles. The third kappa shape index (κ3) is 5.56. The SMILES string of the molecule is COc1ccc(C(=O)NCc2cc(OC)c(OC)c(OC)c2)cc1S(=O)(=O)N1CCCCCC1. The predicted octanol–water partition coefficient (Wildman–Crippen LogP) is 3.22. The minimum atomic E-state index is -3.80. The van der Waals surface area contributed by atoms with Crippen molar-refractivity contribution in [2.45, 2.75) is 37.1 Å². The summed E-state index contributed by atoms with van der Waals surface area (Å²) in [6.07, 6.45) is 3.64. The highest BCUT2D eigenvalue weighted by molar-refractivity contribution is 7.89. The maximum Gasteiger partial charge on any atom is 0.251 e. The number of carbonyl (C=O) groups excluding carboxylic acids is 1. The summed E-state index contributed by atoms with van der Waals surface area (Å²) >= 11 is 0. The van der Waals surface area contributed by atoms with Crippen LogP contribution in [0.1, 0.15) is 41.6 Å². The van der Waals surface area contributed by atoms with E-state index in [0.29, 0.717) is 30.3 Å². The molecule has 10 heteroatoms. The molecule has 0 aliphatic carbocycles. The Morgan fingerprint density at radius 2 is 1.44 bits per heavy atom. The van der Waals surface area contributed by atoms with Crippen molar-refractivity contribution in [2.24, 2.45) is 0 Å². The van der Waals surface area contributed by atoms with Crippen LogP contribution in [0.5, 0.6) is 23.0 Å². The van der Waals surface area contributed by atoms with Gasteiger partial charge in [0.05, 0.1) is 28.4 Å². The van der Waals surface area contributed by atoms with Gasteiger partial charge in [0.1, 0.15) is 10.6 Å². The minimum Gasteiger partial charge on any atom is -0.495 e. The summed E-state index contributed by atoms with van der Waals surface area (Å²) in [5.74, 6) is 1.20. The van der Waals surface area contributed by atoms with E-state index >= 15 is 0 Å². The number of sulfonamides is 1. The molecule has 1 aliphatic rings. The number of ether oxygens (including phenoxy) is 4. The number of nitrogens with one attached hydrogen (secondary N) is 1. The highest BCUT2D eigenvalue weighted by Gasteiger charge is 2.29. The first kappa shape index (κ1) is 25.6. The Kier molecular flexibility index (Phi) is 8.62. The normalized spacial score (nSPS) is 14.7. The number of benzene rings is 2. The lowest BCUT2D eigenvalue weighted by Gasteiger charge is -2.21. The van der Waals surface area contributed by atoms with Gasteiger partial charge in [0, 0.05) is 25.2 Å². The molecule has 2 aromatic rings. The Labute approximate surface area is 201 Å². The van der Waals surface area contributed by atoms with Crippen LogP contribution in [0.15, 0.2) is 35.2 Å². The summed E-state index contributed by atoms with van der Waals surface area (Å²) in [4.78, 5) is 12.9. The van der Waals surface area contributed by atoms with Gasteiger partial charge in [0.25, 0.3) is 5.91 Å². The molecule has 1 heterocycles. The van der Waals surface area contributed by atoms with E-state index in [1.807, 2.05) is 0 Å². The largest absolute Gasteiger partial charge is 0.495 e. The number of hydrogen-bond acceptors (Lipinski definition) is 7. The predicted molar refractivity (Wildman–Crippen MR) is 127 cm³/mol. The van der Waals surface area contributed by atoms with E-state index in [1.165, 1.54) is 44.9 Å². The zero-order valence-corrected chi connectivity index (χ0v) is 20.9. The molecule has 1 amide bonds. The molecule has 0 bridgehead atoms. The molecule has 1 saturated heterocycles. The fraction of sp³-hybridized carbons (Fsp3) is 0.458. The van der Waals surface area contributed by atoms with E-state index in [1.54, 1.807) is 18.2 Å². The Bertz CT molecular complexity index is 1090. The van der Waals surface area contributed by atoms with E-state index in [9.17, 15) is 13.2 Å². The van der Waals surface area contributed by atoms with Gasteiger partial charge in [-0.15, -0.1) is 0 Å². The van der Waals surface area contributed by atoms with Gasteiger partial charge in [-0.1, -0.05) is 12.8 Å². The second-order valence-corrected chi connectivity index (χ2v) is 9.81. The molecule has 186 valence electrons. The Hall–Kier alpha value is -2.98. The summed E-state index contributed by atoms with van der Waals surface area (Å²) in [5.41, 5.74) is 0.954. The van der Waals surface area contributed by atoms with Crippen LogP contribution in [0.4, 0.5) is 0 Å². The number of methoxy groups -OCH3 is 4. The van der Waals surface area contributed by atoms with Crippen molar-refractivity contribution in [1.29, 1.82) is 0 Å². The topological polar surface area (TPSA) is 103 Å². The first-order valence-electron chi connectivity index (χ1n) is 11.1. The second-order valence-electron chi connectivity index (χ2n) is 7.90. The maximum atomic E-state index is 13.3. The van der Waals surface area contributed by atoms with Crippen LogP contribution >= 0.6 is 0 Å². The average Bonchev–Trinajstić information content (AvgIpc) is 3.16. The Morgan fingerprint density at radius 3 is 1.97 bits per heavy atom. The van der Waals surface area contributed by atoms with Crippen LogP contribution in [-0.2, 0) is 16.6 Å². The average molecular weight is 493 g/mol. The van der Waals surface area contributed by atoms with Gasteiger partial charge in [0.15, 0.2) is 11.5 Å². The van der Waals surface area contributed by atoms with Crippen molar-refractivity contribution in [1.82, 2.24) is 9.62 Å². The van der Waals surface area contributed by atoms with Crippen molar-refractivity contribution in [2.75, 3.05) is 41.5 Å². The van der Waals surface area contributed by atoms with Crippen molar-refractivity contribution in [3.63, 3.8) is 0 Å². The monoisotopic (exact) mass is 492 g/mol. The second kappa shape index (κ2) is 11.4. The molecule has 0 spiro atoms. The molecular weight excluding hydrogens is 460 g/mol.